The monoisotopic (exact) mass is 414 g/mol. The van der Waals surface area contributed by atoms with Gasteiger partial charge in [0.15, 0.2) is 0 Å². The second-order valence-corrected chi connectivity index (χ2v) is 8.00. The summed E-state index contributed by atoms with van der Waals surface area (Å²) in [7, 11) is 1.75. The van der Waals surface area contributed by atoms with Crippen molar-refractivity contribution in [3.05, 3.63) is 35.1 Å². The summed E-state index contributed by atoms with van der Waals surface area (Å²) < 4.78 is 11.6. The Morgan fingerprint density at radius 3 is 2.69 bits per heavy atom. The van der Waals surface area contributed by atoms with Gasteiger partial charge >= 0.3 is 5.97 Å². The van der Waals surface area contributed by atoms with Crippen LogP contribution in [-0.2, 0) is 4.74 Å². The van der Waals surface area contributed by atoms with Gasteiger partial charge in [0.25, 0.3) is 0 Å². The van der Waals surface area contributed by atoms with Gasteiger partial charge in [0.05, 0.1) is 11.5 Å². The molecule has 2 N–H and O–H groups in total. The summed E-state index contributed by atoms with van der Waals surface area (Å²) >= 11 is 1.14. The molecule has 0 aromatic carbocycles. The van der Waals surface area contributed by atoms with Crippen LogP contribution in [0.5, 0.6) is 5.88 Å². The average molecular weight is 414 g/mol. The first-order chi connectivity index (χ1) is 14.1. The SMILES string of the molecule is COC1CCC(Oc2ncccc2Nc2ncnc3sc(C(=O)O)c(C)c23)CC1. The van der Waals surface area contributed by atoms with E-state index in [1.54, 1.807) is 20.2 Å². The maximum Gasteiger partial charge on any atom is 0.346 e. The fourth-order valence-electron chi connectivity index (χ4n) is 3.62. The number of carboxylic acids is 1. The number of anilines is 2. The van der Waals surface area contributed by atoms with E-state index in [0.29, 0.717) is 39.3 Å². The molecule has 8 nitrogen and oxygen atoms in total. The molecule has 29 heavy (non-hydrogen) atoms. The smallest absolute Gasteiger partial charge is 0.346 e. The first-order valence-electron chi connectivity index (χ1n) is 9.45. The lowest BCUT2D eigenvalue weighted by Crippen LogP contribution is -2.28. The van der Waals surface area contributed by atoms with Gasteiger partial charge in [-0.05, 0) is 50.3 Å². The number of pyridine rings is 1. The summed E-state index contributed by atoms with van der Waals surface area (Å²) in [4.78, 5) is 25.3. The molecule has 0 aliphatic heterocycles. The molecule has 3 heterocycles. The van der Waals surface area contributed by atoms with Crippen molar-refractivity contribution in [2.24, 2.45) is 0 Å². The largest absolute Gasteiger partial charge is 0.477 e. The first-order valence-corrected chi connectivity index (χ1v) is 10.3. The Hall–Kier alpha value is -2.78. The highest BCUT2D eigenvalue weighted by atomic mass is 32.1. The van der Waals surface area contributed by atoms with Crippen LogP contribution in [0.1, 0.15) is 40.9 Å². The lowest BCUT2D eigenvalue weighted by Gasteiger charge is -2.28. The number of ether oxygens (including phenoxy) is 2. The normalized spacial score (nSPS) is 19.2. The Labute approximate surface area is 171 Å². The molecule has 0 radical (unpaired) electrons. The van der Waals surface area contributed by atoms with Crippen molar-refractivity contribution in [1.29, 1.82) is 0 Å². The third-order valence-corrected chi connectivity index (χ3v) is 6.37. The molecule has 0 unspecified atom stereocenters. The molecule has 1 aliphatic rings. The Balaban J connectivity index is 1.60. The number of nitrogens with one attached hydrogen (secondary N) is 1. The molecule has 0 atom stereocenters. The number of methoxy groups -OCH3 is 1. The number of rotatable bonds is 6. The summed E-state index contributed by atoms with van der Waals surface area (Å²) in [5.74, 6) is 0.0807. The molecular weight excluding hydrogens is 392 g/mol. The van der Waals surface area contributed by atoms with E-state index in [9.17, 15) is 9.90 Å². The lowest BCUT2D eigenvalue weighted by molar-refractivity contribution is 0.0317. The molecule has 0 spiro atoms. The van der Waals surface area contributed by atoms with E-state index in [1.807, 2.05) is 12.1 Å². The van der Waals surface area contributed by atoms with Gasteiger partial charge in [-0.25, -0.2) is 19.7 Å². The van der Waals surface area contributed by atoms with Crippen LogP contribution in [0.25, 0.3) is 10.2 Å². The van der Waals surface area contributed by atoms with E-state index in [4.69, 9.17) is 9.47 Å². The topological polar surface area (TPSA) is 106 Å². The van der Waals surface area contributed by atoms with E-state index in [0.717, 1.165) is 37.0 Å². The van der Waals surface area contributed by atoms with Crippen LogP contribution in [0.15, 0.2) is 24.7 Å². The summed E-state index contributed by atoms with van der Waals surface area (Å²) in [6.07, 6.45) is 7.27. The van der Waals surface area contributed by atoms with Crippen molar-refractivity contribution in [3.63, 3.8) is 0 Å². The Bertz CT molecular complexity index is 1030. The minimum absolute atomic E-state index is 0.0868. The highest BCUT2D eigenvalue weighted by molar-refractivity contribution is 7.20. The molecule has 1 fully saturated rings. The summed E-state index contributed by atoms with van der Waals surface area (Å²) in [5.41, 5.74) is 1.33. The molecule has 1 saturated carbocycles. The molecule has 3 aromatic heterocycles. The van der Waals surface area contributed by atoms with Gasteiger partial charge in [0, 0.05) is 13.3 Å². The van der Waals surface area contributed by atoms with Crippen molar-refractivity contribution >= 4 is 39.0 Å². The number of aryl methyl sites for hydroxylation is 1. The van der Waals surface area contributed by atoms with E-state index >= 15 is 0 Å². The molecule has 9 heteroatoms. The van der Waals surface area contributed by atoms with Crippen LogP contribution in [0.3, 0.4) is 0 Å². The first kappa shape index (κ1) is 19.5. The van der Waals surface area contributed by atoms with Crippen LogP contribution >= 0.6 is 11.3 Å². The molecular formula is C20H22N4O4S. The van der Waals surface area contributed by atoms with E-state index < -0.39 is 5.97 Å². The van der Waals surface area contributed by atoms with E-state index in [1.165, 1.54) is 6.33 Å². The van der Waals surface area contributed by atoms with Gasteiger partial charge in [0.1, 0.15) is 33.6 Å². The van der Waals surface area contributed by atoms with E-state index in [-0.39, 0.29) is 11.0 Å². The number of nitrogens with zero attached hydrogens (tertiary/aromatic N) is 3. The maximum atomic E-state index is 11.5. The van der Waals surface area contributed by atoms with Crippen LogP contribution in [0.2, 0.25) is 0 Å². The quantitative estimate of drug-likeness (QED) is 0.619. The van der Waals surface area contributed by atoms with Gasteiger partial charge in [-0.1, -0.05) is 0 Å². The lowest BCUT2D eigenvalue weighted by atomic mass is 9.95. The highest BCUT2D eigenvalue weighted by Crippen LogP contribution is 2.36. The zero-order valence-corrected chi connectivity index (χ0v) is 17.0. The molecule has 152 valence electrons. The third-order valence-electron chi connectivity index (χ3n) is 5.18. The van der Waals surface area contributed by atoms with Gasteiger partial charge < -0.3 is 19.9 Å². The second kappa shape index (κ2) is 8.30. The standard InChI is InChI=1S/C20H22N4O4S/c1-11-15-17(22-10-23-19(15)29-16(11)20(25)26)24-14-4-3-9-21-18(14)28-13-7-5-12(27-2)6-8-13/h3-4,9-10,12-13H,5-8H2,1-2H3,(H,25,26)(H,22,23,24). The van der Waals surface area contributed by atoms with Crippen LogP contribution < -0.4 is 10.1 Å². The number of fused-ring (bicyclic) bond motifs is 1. The molecule has 3 aromatic rings. The van der Waals surface area contributed by atoms with Crippen molar-refractivity contribution in [2.75, 3.05) is 12.4 Å². The third kappa shape index (κ3) is 4.01. The predicted molar refractivity (Wildman–Crippen MR) is 110 cm³/mol. The Morgan fingerprint density at radius 1 is 1.21 bits per heavy atom. The fraction of sp³-hybridized carbons (Fsp3) is 0.400. The molecule has 0 bridgehead atoms. The second-order valence-electron chi connectivity index (χ2n) is 7.00. The molecule has 4 rings (SSSR count). The van der Waals surface area contributed by atoms with Gasteiger partial charge in [0.2, 0.25) is 5.88 Å². The summed E-state index contributed by atoms with van der Waals surface area (Å²) in [6, 6.07) is 3.69. The number of aromatic carboxylic acids is 1. The van der Waals surface area contributed by atoms with Crippen molar-refractivity contribution in [2.45, 2.75) is 44.8 Å². The number of carbonyl (C=O) groups is 1. The zero-order valence-electron chi connectivity index (χ0n) is 16.2. The van der Waals surface area contributed by atoms with Gasteiger partial charge in [-0.3, -0.25) is 0 Å². The van der Waals surface area contributed by atoms with Crippen LogP contribution in [-0.4, -0.2) is 45.3 Å². The van der Waals surface area contributed by atoms with Gasteiger partial charge in [-0.2, -0.15) is 0 Å². The van der Waals surface area contributed by atoms with Crippen LogP contribution in [0, 0.1) is 6.92 Å². The minimum atomic E-state index is -0.964. The summed E-state index contributed by atoms with van der Waals surface area (Å²) in [5, 5.41) is 13.4. The van der Waals surface area contributed by atoms with E-state index in [2.05, 4.69) is 20.3 Å². The molecule has 0 amide bonds. The average Bonchev–Trinajstić information content (AvgIpc) is 3.08. The Kier molecular flexibility index (Phi) is 5.59. The maximum absolute atomic E-state index is 11.5. The number of thiophene rings is 1. The minimum Gasteiger partial charge on any atom is -0.477 e. The molecule has 0 saturated heterocycles. The number of aromatic nitrogens is 3. The summed E-state index contributed by atoms with van der Waals surface area (Å²) in [6.45, 7) is 1.77. The zero-order chi connectivity index (χ0) is 20.4. The van der Waals surface area contributed by atoms with Crippen molar-refractivity contribution in [3.8, 4) is 5.88 Å². The fourth-order valence-corrected chi connectivity index (χ4v) is 4.61. The number of hydrogen-bond acceptors (Lipinski definition) is 8. The van der Waals surface area contributed by atoms with Crippen molar-refractivity contribution < 1.29 is 19.4 Å². The predicted octanol–water partition coefficient (Wildman–Crippen LogP) is 4.17. The highest BCUT2D eigenvalue weighted by Gasteiger charge is 2.24. The van der Waals surface area contributed by atoms with Gasteiger partial charge in [-0.15, -0.1) is 11.3 Å². The number of hydrogen-bond donors (Lipinski definition) is 2. The number of carboxylic acid groups (broad SMARTS) is 1. The van der Waals surface area contributed by atoms with Crippen molar-refractivity contribution in [1.82, 2.24) is 15.0 Å². The molecule has 1 aliphatic carbocycles. The Morgan fingerprint density at radius 2 is 1.97 bits per heavy atom. The van der Waals surface area contributed by atoms with Crippen LogP contribution in [0.4, 0.5) is 11.5 Å².